The highest BCUT2D eigenvalue weighted by Gasteiger charge is 2.31. The van der Waals surface area contributed by atoms with Crippen molar-refractivity contribution in [3.63, 3.8) is 0 Å². The van der Waals surface area contributed by atoms with Gasteiger partial charge in [-0.2, -0.15) is 0 Å². The number of methoxy groups -OCH3 is 1. The Balaban J connectivity index is 0.00000338. The summed E-state index contributed by atoms with van der Waals surface area (Å²) in [6.07, 6.45) is 4.05. The number of hydrogen-bond acceptors (Lipinski definition) is 4. The monoisotopic (exact) mass is 481 g/mol. The van der Waals surface area contributed by atoms with Gasteiger partial charge in [-0.3, -0.25) is 14.7 Å². The number of carbonyl (C=O) groups excluding carboxylic acids is 1. The van der Waals surface area contributed by atoms with Gasteiger partial charge in [-0.15, -0.1) is 24.0 Å². The van der Waals surface area contributed by atoms with E-state index in [4.69, 9.17) is 4.74 Å². The van der Waals surface area contributed by atoms with E-state index in [1.54, 1.807) is 19.1 Å². The molecule has 0 spiro atoms. The van der Waals surface area contributed by atoms with Gasteiger partial charge in [0.1, 0.15) is 0 Å². The molecule has 0 radical (unpaired) electrons. The topological polar surface area (TPSA) is 69.2 Å². The molecular weight excluding hydrogens is 445 g/mol. The number of guanidine groups is 1. The molecule has 0 bridgehead atoms. The second-order valence-electron chi connectivity index (χ2n) is 7.81. The SMILES string of the molecule is CN=C(NCC(C)(C)N1CCC(OC)CC1)NC1CCC(=O)N(C)C1.I. The lowest BCUT2D eigenvalue weighted by atomic mass is 9.97. The van der Waals surface area contributed by atoms with Gasteiger partial charge in [0, 0.05) is 65.4 Å². The lowest BCUT2D eigenvalue weighted by Crippen LogP contribution is -2.57. The molecule has 0 aromatic carbocycles. The molecule has 2 rings (SSSR count). The Hall–Kier alpha value is -0.610. The summed E-state index contributed by atoms with van der Waals surface area (Å²) in [5, 5.41) is 6.92. The number of nitrogens with zero attached hydrogens (tertiary/aromatic N) is 3. The minimum Gasteiger partial charge on any atom is -0.381 e. The summed E-state index contributed by atoms with van der Waals surface area (Å²) < 4.78 is 5.47. The van der Waals surface area contributed by atoms with E-state index in [1.807, 2.05) is 7.05 Å². The number of ether oxygens (including phenoxy) is 1. The van der Waals surface area contributed by atoms with Crippen LogP contribution in [0, 0.1) is 0 Å². The van der Waals surface area contributed by atoms with E-state index < -0.39 is 0 Å². The maximum atomic E-state index is 11.6. The van der Waals surface area contributed by atoms with Crippen LogP contribution in [0.1, 0.15) is 39.5 Å². The molecule has 7 nitrogen and oxygen atoms in total. The number of carbonyl (C=O) groups is 1. The van der Waals surface area contributed by atoms with E-state index >= 15 is 0 Å². The molecule has 8 heteroatoms. The first-order valence-corrected chi connectivity index (χ1v) is 9.34. The predicted octanol–water partition coefficient (Wildman–Crippen LogP) is 1.28. The molecule has 2 aliphatic rings. The first-order valence-electron chi connectivity index (χ1n) is 9.34. The fourth-order valence-corrected chi connectivity index (χ4v) is 3.63. The van der Waals surface area contributed by atoms with Crippen molar-refractivity contribution in [2.24, 2.45) is 4.99 Å². The quantitative estimate of drug-likeness (QED) is 0.352. The second kappa shape index (κ2) is 10.7. The van der Waals surface area contributed by atoms with Gasteiger partial charge in [0.05, 0.1) is 6.10 Å². The molecule has 1 unspecified atom stereocenters. The molecule has 2 fully saturated rings. The molecule has 2 N–H and O–H groups in total. The Bertz CT molecular complexity index is 478. The summed E-state index contributed by atoms with van der Waals surface area (Å²) in [6, 6.07) is 0.259. The molecule has 1 amide bonds. The van der Waals surface area contributed by atoms with Crippen LogP contribution >= 0.6 is 24.0 Å². The summed E-state index contributed by atoms with van der Waals surface area (Å²) >= 11 is 0. The number of nitrogens with one attached hydrogen (secondary N) is 2. The summed E-state index contributed by atoms with van der Waals surface area (Å²) in [5.74, 6) is 1.04. The van der Waals surface area contributed by atoms with Crippen LogP contribution in [-0.4, -0.2) is 86.7 Å². The zero-order valence-corrected chi connectivity index (χ0v) is 19.2. The molecule has 152 valence electrons. The third-order valence-corrected chi connectivity index (χ3v) is 5.51. The summed E-state index contributed by atoms with van der Waals surface area (Å²) in [5.41, 5.74) is 0.0512. The fourth-order valence-electron chi connectivity index (χ4n) is 3.63. The Morgan fingerprint density at radius 3 is 2.50 bits per heavy atom. The molecule has 26 heavy (non-hydrogen) atoms. The highest BCUT2D eigenvalue weighted by atomic mass is 127. The predicted molar refractivity (Wildman–Crippen MR) is 116 cm³/mol. The van der Waals surface area contributed by atoms with Crippen LogP contribution in [0.5, 0.6) is 0 Å². The highest BCUT2D eigenvalue weighted by Crippen LogP contribution is 2.21. The standard InChI is InChI=1S/C18H35N5O2.HI/c1-18(2,23-10-8-15(25-5)9-11-23)13-20-17(19-3)21-14-6-7-16(24)22(4)12-14;/h14-15H,6-13H2,1-5H3,(H2,19,20,21);1H. The molecule has 0 aromatic rings. The smallest absolute Gasteiger partial charge is 0.222 e. The van der Waals surface area contributed by atoms with Crippen LogP contribution in [0.2, 0.25) is 0 Å². The summed E-state index contributed by atoms with van der Waals surface area (Å²) in [4.78, 5) is 20.3. The number of likely N-dealkylation sites (N-methyl/N-ethyl adjacent to an activating group) is 1. The van der Waals surface area contributed by atoms with E-state index in [2.05, 4.69) is 34.4 Å². The van der Waals surface area contributed by atoms with Crippen molar-refractivity contribution in [1.82, 2.24) is 20.4 Å². The maximum absolute atomic E-state index is 11.6. The van der Waals surface area contributed by atoms with Crippen LogP contribution in [0.3, 0.4) is 0 Å². The largest absolute Gasteiger partial charge is 0.381 e. The van der Waals surface area contributed by atoms with Crippen molar-refractivity contribution < 1.29 is 9.53 Å². The summed E-state index contributed by atoms with van der Waals surface area (Å²) in [7, 11) is 5.46. The molecule has 1 atom stereocenters. The van der Waals surface area contributed by atoms with Crippen LogP contribution < -0.4 is 10.6 Å². The zero-order valence-electron chi connectivity index (χ0n) is 16.9. The van der Waals surface area contributed by atoms with Crippen molar-refractivity contribution in [2.75, 3.05) is 47.4 Å². The van der Waals surface area contributed by atoms with E-state index in [-0.39, 0.29) is 41.5 Å². The van der Waals surface area contributed by atoms with Gasteiger partial charge >= 0.3 is 0 Å². The molecule has 2 saturated heterocycles. The molecular formula is C18H36IN5O2. The van der Waals surface area contributed by atoms with Gasteiger partial charge in [-0.25, -0.2) is 0 Å². The number of halogens is 1. The molecule has 0 aliphatic carbocycles. The molecule has 2 aliphatic heterocycles. The van der Waals surface area contributed by atoms with E-state index in [0.717, 1.165) is 51.4 Å². The Morgan fingerprint density at radius 2 is 1.96 bits per heavy atom. The Labute approximate surface area is 175 Å². The number of likely N-dealkylation sites (tertiary alicyclic amines) is 2. The third-order valence-electron chi connectivity index (χ3n) is 5.51. The van der Waals surface area contributed by atoms with E-state index in [1.165, 1.54) is 0 Å². The van der Waals surface area contributed by atoms with Crippen LogP contribution in [0.15, 0.2) is 4.99 Å². The number of aliphatic imine (C=N–C) groups is 1. The van der Waals surface area contributed by atoms with Crippen molar-refractivity contribution in [1.29, 1.82) is 0 Å². The van der Waals surface area contributed by atoms with E-state index in [9.17, 15) is 4.79 Å². The second-order valence-corrected chi connectivity index (χ2v) is 7.81. The fraction of sp³-hybridized carbons (Fsp3) is 0.889. The van der Waals surface area contributed by atoms with Gasteiger partial charge in [-0.05, 0) is 33.1 Å². The Morgan fingerprint density at radius 1 is 1.31 bits per heavy atom. The molecule has 0 aromatic heterocycles. The number of rotatable bonds is 5. The van der Waals surface area contributed by atoms with Gasteiger partial charge in [0.2, 0.25) is 5.91 Å². The minimum absolute atomic E-state index is 0. The first-order chi connectivity index (χ1) is 11.9. The summed E-state index contributed by atoms with van der Waals surface area (Å²) in [6.45, 7) is 8.23. The number of piperidine rings is 2. The van der Waals surface area contributed by atoms with Crippen molar-refractivity contribution in [3.05, 3.63) is 0 Å². The number of amides is 1. The van der Waals surface area contributed by atoms with E-state index in [0.29, 0.717) is 12.5 Å². The lowest BCUT2D eigenvalue weighted by molar-refractivity contribution is -0.132. The number of hydrogen-bond donors (Lipinski definition) is 2. The third kappa shape index (κ3) is 6.53. The van der Waals surface area contributed by atoms with Crippen LogP contribution in [0.25, 0.3) is 0 Å². The average molecular weight is 481 g/mol. The first kappa shape index (κ1) is 23.4. The molecule has 0 saturated carbocycles. The maximum Gasteiger partial charge on any atom is 0.222 e. The zero-order chi connectivity index (χ0) is 18.4. The Kier molecular flexibility index (Phi) is 9.60. The highest BCUT2D eigenvalue weighted by molar-refractivity contribution is 14.0. The van der Waals surface area contributed by atoms with Crippen LogP contribution in [-0.2, 0) is 9.53 Å². The van der Waals surface area contributed by atoms with Gasteiger partial charge < -0.3 is 20.3 Å². The van der Waals surface area contributed by atoms with Gasteiger partial charge in [-0.1, -0.05) is 0 Å². The van der Waals surface area contributed by atoms with Gasteiger partial charge in [0.25, 0.3) is 0 Å². The van der Waals surface area contributed by atoms with Gasteiger partial charge in [0.15, 0.2) is 5.96 Å². The molecule has 2 heterocycles. The van der Waals surface area contributed by atoms with Crippen molar-refractivity contribution >= 4 is 35.8 Å². The van der Waals surface area contributed by atoms with Crippen molar-refractivity contribution in [2.45, 2.75) is 57.2 Å². The lowest BCUT2D eigenvalue weighted by Gasteiger charge is -2.43. The average Bonchev–Trinajstić information content (AvgIpc) is 2.61. The normalized spacial score (nSPS) is 23.6. The van der Waals surface area contributed by atoms with Crippen molar-refractivity contribution in [3.8, 4) is 0 Å². The van der Waals surface area contributed by atoms with Crippen LogP contribution in [0.4, 0.5) is 0 Å². The minimum atomic E-state index is 0.